The molecule has 20 heavy (non-hydrogen) atoms. The molecule has 0 aromatic heterocycles. The Morgan fingerprint density at radius 1 is 0.950 bits per heavy atom. The van der Waals surface area contributed by atoms with Crippen LogP contribution in [-0.4, -0.2) is 74.8 Å². The highest BCUT2D eigenvalue weighted by molar-refractivity contribution is 6.25. The maximum Gasteiger partial charge on any atom is 0.151 e. The maximum absolute atomic E-state index is 9.90. The van der Waals surface area contributed by atoms with Crippen molar-refractivity contribution in [3.63, 3.8) is 0 Å². The van der Waals surface area contributed by atoms with Crippen molar-refractivity contribution in [2.45, 2.75) is 24.4 Å². The fourth-order valence-corrected chi connectivity index (χ4v) is 0.618. The summed E-state index contributed by atoms with van der Waals surface area (Å²) in [4.78, 5) is 27.7. The molecule has 0 saturated carbocycles. The summed E-state index contributed by atoms with van der Waals surface area (Å²) in [7, 11) is 0. The fraction of sp³-hybridized carbons (Fsp3) is 0.625. The third-order valence-electron chi connectivity index (χ3n) is 1.59. The Morgan fingerprint density at radius 3 is 1.50 bits per heavy atom. The molecule has 0 bridgehead atoms. The van der Waals surface area contributed by atoms with Crippen molar-refractivity contribution in [2.24, 2.45) is 0 Å². The highest BCUT2D eigenvalue weighted by Gasteiger charge is 2.29. The minimum absolute atomic E-state index is 0. The molecule has 0 aromatic carbocycles. The summed E-state index contributed by atoms with van der Waals surface area (Å²) < 4.78 is 0. The maximum atomic E-state index is 9.90. The lowest BCUT2D eigenvalue weighted by Gasteiger charge is -2.22. The first-order chi connectivity index (χ1) is 8.18. The number of rotatable bonds is 5. The molecule has 0 amide bonds. The molecule has 0 heterocycles. The topological polar surface area (TPSA) is 271 Å². The highest BCUT2D eigenvalue weighted by atomic mass is 16.4. The molecule has 0 spiro atoms. The van der Waals surface area contributed by atoms with E-state index in [1.54, 1.807) is 0 Å². The summed E-state index contributed by atoms with van der Waals surface area (Å²) in [5.41, 5.74) is 0. The monoisotopic (exact) mass is 304 g/mol. The third kappa shape index (κ3) is 11.4. The van der Waals surface area contributed by atoms with Gasteiger partial charge in [0.25, 0.3) is 0 Å². The smallest absolute Gasteiger partial charge is 0.151 e. The van der Waals surface area contributed by atoms with E-state index in [1.807, 2.05) is 0 Å². The van der Waals surface area contributed by atoms with Crippen LogP contribution in [0.3, 0.4) is 0 Å². The Kier molecular flexibility index (Phi) is 18.4. The molecule has 4 atom stereocenters. The van der Waals surface area contributed by atoms with Gasteiger partial charge in [0.15, 0.2) is 6.29 Å². The number of carboxylic acid groups (broad SMARTS) is 2. The van der Waals surface area contributed by atoms with E-state index < -0.39 is 43.0 Å². The zero-order valence-electron chi connectivity index (χ0n) is 10.9. The van der Waals surface area contributed by atoms with Gasteiger partial charge in [0.05, 0.1) is 18.5 Å². The number of hydrogen-bond acceptors (Lipinski definition) is 10. The number of carbonyl (C=O) groups is 3. The molecule has 0 saturated heterocycles. The number of aliphatic hydroxyl groups is 5. The van der Waals surface area contributed by atoms with Crippen molar-refractivity contribution in [2.75, 3.05) is 6.61 Å². The van der Waals surface area contributed by atoms with E-state index in [0.717, 1.165) is 0 Å². The Labute approximate surface area is 113 Å². The molecule has 0 unspecified atom stereocenters. The molecule has 0 aliphatic rings. The summed E-state index contributed by atoms with van der Waals surface area (Å²) >= 11 is 0. The Hall–Kier alpha value is -1.67. The van der Waals surface area contributed by atoms with Crippen LogP contribution in [0.15, 0.2) is 0 Å². The summed E-state index contributed by atoms with van der Waals surface area (Å²) in [6, 6.07) is 0. The van der Waals surface area contributed by atoms with Crippen LogP contribution >= 0.6 is 0 Å². The highest BCUT2D eigenvalue weighted by Crippen LogP contribution is 2.02. The van der Waals surface area contributed by atoms with E-state index >= 15 is 0 Å². The van der Waals surface area contributed by atoms with Crippen LogP contribution in [0.2, 0.25) is 0 Å². The van der Waals surface area contributed by atoms with Crippen molar-refractivity contribution in [3.05, 3.63) is 0 Å². The molecule has 0 aliphatic heterocycles. The predicted octanol–water partition coefficient (Wildman–Crippen LogP) is -6.14. The van der Waals surface area contributed by atoms with E-state index in [2.05, 4.69) is 0 Å². The van der Waals surface area contributed by atoms with E-state index in [1.165, 1.54) is 0 Å². The third-order valence-corrected chi connectivity index (χ3v) is 1.59. The van der Waals surface area contributed by atoms with Gasteiger partial charge in [0.1, 0.15) is 24.4 Å². The van der Waals surface area contributed by atoms with Crippen molar-refractivity contribution < 1.29 is 50.1 Å². The van der Waals surface area contributed by atoms with Crippen molar-refractivity contribution in [1.29, 1.82) is 0 Å². The lowest BCUT2D eigenvalue weighted by molar-refractivity contribution is -0.345. The van der Waals surface area contributed by atoms with Gasteiger partial charge < -0.3 is 62.4 Å². The Morgan fingerprint density at radius 2 is 1.30 bits per heavy atom. The van der Waals surface area contributed by atoms with Crippen molar-refractivity contribution in [3.8, 4) is 0 Å². The van der Waals surface area contributed by atoms with Gasteiger partial charge in [0.2, 0.25) is 0 Å². The van der Waals surface area contributed by atoms with Crippen molar-refractivity contribution in [1.82, 2.24) is 12.3 Å². The average Bonchev–Trinajstić information content (AvgIpc) is 2.35. The van der Waals surface area contributed by atoms with Gasteiger partial charge in [0, 0.05) is 0 Å². The van der Waals surface area contributed by atoms with Gasteiger partial charge in [-0.15, -0.1) is 0 Å². The van der Waals surface area contributed by atoms with E-state index in [4.69, 9.17) is 45.3 Å². The lowest BCUT2D eigenvalue weighted by Crippen LogP contribution is -2.46. The van der Waals surface area contributed by atoms with Gasteiger partial charge in [-0.25, -0.2) is 0 Å². The van der Waals surface area contributed by atoms with E-state index in [9.17, 15) is 4.79 Å². The molecule has 0 aliphatic carbocycles. The van der Waals surface area contributed by atoms with Crippen LogP contribution in [0.1, 0.15) is 0 Å². The molecule has 0 aromatic rings. The van der Waals surface area contributed by atoms with Crippen LogP contribution in [0.4, 0.5) is 0 Å². The van der Waals surface area contributed by atoms with E-state index in [-0.39, 0.29) is 18.6 Å². The van der Waals surface area contributed by atoms with Crippen molar-refractivity contribution >= 4 is 18.2 Å². The van der Waals surface area contributed by atoms with Crippen LogP contribution in [0.25, 0.3) is 0 Å². The molecule has 0 fully saturated rings. The van der Waals surface area contributed by atoms with Gasteiger partial charge >= 0.3 is 0 Å². The summed E-state index contributed by atoms with van der Waals surface area (Å²) in [5, 5.41) is 61.4. The Bertz CT molecular complexity index is 274. The first-order valence-electron chi connectivity index (χ1n) is 4.39. The van der Waals surface area contributed by atoms with Crippen LogP contribution in [0.5, 0.6) is 0 Å². The second kappa shape index (κ2) is 13.8. The molecule has 122 valence electrons. The molecule has 12 nitrogen and oxygen atoms in total. The second-order valence-corrected chi connectivity index (χ2v) is 2.93. The predicted molar refractivity (Wildman–Crippen MR) is 59.2 cm³/mol. The molecular formula is C8H20N2O10. The zero-order valence-corrected chi connectivity index (χ0v) is 10.9. The molecule has 13 N–H and O–H groups in total. The Balaban J connectivity index is -0.000000139. The molecule has 0 rings (SSSR count). The first-order valence-corrected chi connectivity index (χ1v) is 4.39. The number of aldehydes is 1. The largest absolute Gasteiger partial charge is 0.543 e. The number of aliphatic carboxylic acids is 2. The standard InChI is InChI=1S/C6H12O6.C2H2O4.2H3N/c7-1-3(9)5(11)6(12)4(10)2-8;3-1(4)2(5)6;;/h1,3-6,8-12H,2H2;(H,3,4)(H,5,6);2*1H3/t3-,4+,5+,6+;;;/m0.../s1. The number of carbonyl (C=O) groups excluding carboxylic acids is 3. The fourth-order valence-electron chi connectivity index (χ4n) is 0.618. The van der Waals surface area contributed by atoms with Crippen LogP contribution in [-0.2, 0) is 14.4 Å². The van der Waals surface area contributed by atoms with Crippen LogP contribution < -0.4 is 22.5 Å². The summed E-state index contributed by atoms with van der Waals surface area (Å²) in [6.45, 7) is -0.760. The first kappa shape index (κ1) is 26.8. The number of hydrogen-bond donors (Lipinski definition) is 7. The SMILES string of the molecule is O=C([O-])C(=O)[O-].O=C[C@H](O)[C@@H](O)[C@H](O)[C@H](O)CO.[NH4+].[NH4+]. The van der Waals surface area contributed by atoms with Gasteiger partial charge in [-0.1, -0.05) is 0 Å². The molecule has 0 radical (unpaired) electrons. The molecule has 12 heteroatoms. The molecular weight excluding hydrogens is 284 g/mol. The van der Waals surface area contributed by atoms with Gasteiger partial charge in [-0.05, 0) is 0 Å². The normalized spacial score (nSPS) is 14.8. The minimum Gasteiger partial charge on any atom is -0.543 e. The summed E-state index contributed by atoms with van der Waals surface area (Å²) in [5.74, 6) is -4.37. The average molecular weight is 304 g/mol. The lowest BCUT2D eigenvalue weighted by atomic mass is 10.0. The van der Waals surface area contributed by atoms with Gasteiger partial charge in [-0.3, -0.25) is 0 Å². The summed E-state index contributed by atoms with van der Waals surface area (Å²) in [6.07, 6.45) is -6.84. The minimum atomic E-state index is -2.19. The van der Waals surface area contributed by atoms with Gasteiger partial charge in [-0.2, -0.15) is 0 Å². The quantitative estimate of drug-likeness (QED) is 0.186. The second-order valence-electron chi connectivity index (χ2n) is 2.93. The van der Waals surface area contributed by atoms with E-state index in [0.29, 0.717) is 0 Å². The zero-order chi connectivity index (χ0) is 14.9. The number of carboxylic acids is 2. The number of quaternary nitrogens is 2. The van der Waals surface area contributed by atoms with Crippen LogP contribution in [0, 0.1) is 0 Å². The number of aliphatic hydroxyl groups excluding tert-OH is 5.